The molecule has 71 heavy (non-hydrogen) atoms. The van der Waals surface area contributed by atoms with Crippen molar-refractivity contribution in [3.63, 3.8) is 0 Å². The number of benzene rings is 12. The highest BCUT2D eigenvalue weighted by Gasteiger charge is 2.23. The van der Waals surface area contributed by atoms with Gasteiger partial charge in [-0.2, -0.15) is 0 Å². The first-order chi connectivity index (χ1) is 35.2. The number of para-hydroxylation sites is 2. The van der Waals surface area contributed by atoms with Crippen LogP contribution in [0.4, 0.5) is 17.1 Å². The maximum Gasteiger partial charge on any atom is 0.0555 e. The van der Waals surface area contributed by atoms with Gasteiger partial charge in [-0.05, 0) is 121 Å². The van der Waals surface area contributed by atoms with Crippen LogP contribution >= 0.6 is 11.3 Å². The molecule has 0 N–H and O–H groups in total. The van der Waals surface area contributed by atoms with Crippen LogP contribution in [-0.2, 0) is 0 Å². The Bertz CT molecular complexity index is 4320. The molecule has 332 valence electrons. The topological polar surface area (TPSA) is 8.17 Å². The highest BCUT2D eigenvalue weighted by Crippen LogP contribution is 2.50. The smallest absolute Gasteiger partial charge is 0.0555 e. The zero-order chi connectivity index (χ0) is 46.8. The van der Waals surface area contributed by atoms with E-state index in [4.69, 9.17) is 0 Å². The fraction of sp³-hybridized carbons (Fsp3) is 0. The van der Waals surface area contributed by atoms with Crippen LogP contribution in [0.15, 0.2) is 267 Å². The predicted octanol–water partition coefficient (Wildman–Crippen LogP) is 19.6. The number of fused-ring (bicyclic) bond motifs is 8. The Morgan fingerprint density at radius 1 is 0.296 bits per heavy atom. The van der Waals surface area contributed by atoms with E-state index in [1.807, 2.05) is 11.3 Å². The molecule has 12 aromatic carbocycles. The van der Waals surface area contributed by atoms with Gasteiger partial charge in [-0.25, -0.2) is 0 Å². The summed E-state index contributed by atoms with van der Waals surface area (Å²) in [5.74, 6) is 0. The summed E-state index contributed by atoms with van der Waals surface area (Å²) in [7, 11) is 0. The molecular formula is C68H44N2S. The highest BCUT2D eigenvalue weighted by molar-refractivity contribution is 7.26. The molecule has 2 heterocycles. The van der Waals surface area contributed by atoms with Gasteiger partial charge in [0.2, 0.25) is 0 Å². The monoisotopic (exact) mass is 920 g/mol. The first-order valence-electron chi connectivity index (χ1n) is 24.3. The van der Waals surface area contributed by atoms with Crippen molar-refractivity contribution in [2.24, 2.45) is 0 Å². The van der Waals surface area contributed by atoms with Crippen LogP contribution in [0.5, 0.6) is 0 Å². The quantitative estimate of drug-likeness (QED) is 0.147. The van der Waals surface area contributed by atoms with Gasteiger partial charge in [-0.3, -0.25) is 0 Å². The van der Waals surface area contributed by atoms with Crippen molar-refractivity contribution >= 4 is 91.9 Å². The molecule has 14 aromatic rings. The highest BCUT2D eigenvalue weighted by atomic mass is 32.1. The van der Waals surface area contributed by atoms with Gasteiger partial charge in [0.1, 0.15) is 0 Å². The van der Waals surface area contributed by atoms with Crippen molar-refractivity contribution in [1.29, 1.82) is 0 Å². The van der Waals surface area contributed by atoms with Crippen molar-refractivity contribution in [3.05, 3.63) is 267 Å². The lowest BCUT2D eigenvalue weighted by molar-refractivity contribution is 1.18. The van der Waals surface area contributed by atoms with Crippen LogP contribution < -0.4 is 4.90 Å². The van der Waals surface area contributed by atoms with Crippen LogP contribution in [0, 0.1) is 0 Å². The van der Waals surface area contributed by atoms with Crippen molar-refractivity contribution in [1.82, 2.24) is 4.57 Å². The fourth-order valence-electron chi connectivity index (χ4n) is 11.2. The number of thiophene rings is 1. The summed E-state index contributed by atoms with van der Waals surface area (Å²) in [5, 5.41) is 10.0. The normalized spacial score (nSPS) is 11.7. The Morgan fingerprint density at radius 3 is 1.54 bits per heavy atom. The van der Waals surface area contributed by atoms with Crippen LogP contribution in [0.2, 0.25) is 0 Å². The molecule has 0 atom stereocenters. The van der Waals surface area contributed by atoms with Crippen molar-refractivity contribution in [3.8, 4) is 50.2 Å². The van der Waals surface area contributed by atoms with E-state index in [0.717, 1.165) is 28.3 Å². The van der Waals surface area contributed by atoms with Crippen LogP contribution in [0.25, 0.3) is 114 Å². The molecule has 0 bridgehead atoms. The van der Waals surface area contributed by atoms with E-state index < -0.39 is 0 Å². The van der Waals surface area contributed by atoms with Crippen molar-refractivity contribution < 1.29 is 0 Å². The summed E-state index contributed by atoms with van der Waals surface area (Å²) >= 11 is 1.89. The van der Waals surface area contributed by atoms with Crippen LogP contribution in [-0.4, -0.2) is 4.57 Å². The summed E-state index contributed by atoms with van der Waals surface area (Å²) < 4.78 is 4.96. The van der Waals surface area contributed by atoms with Gasteiger partial charge in [-0.1, -0.05) is 206 Å². The minimum atomic E-state index is 1.09. The standard InChI is InChI=1S/C68H44N2S/c1-2-21-49(22-3-1)70-62-32-12-10-27-60(62)66-58(31-16-33-63(66)70)56-26-9-8-25-55(56)48-37-41-51(42-38-48)69(50-39-35-47(36-40-50)53-29-14-19-45-17-4-6-23-52(45)53)64-44-43-59(57-30-15-20-46-18-5-7-24-54(46)57)68-67(64)61-28-11-13-34-65(61)71-68/h1-44H. The minimum absolute atomic E-state index is 1.09. The van der Waals surface area contributed by atoms with Gasteiger partial charge in [0, 0.05) is 53.6 Å². The first kappa shape index (κ1) is 41.0. The van der Waals surface area contributed by atoms with Crippen LogP contribution in [0.1, 0.15) is 0 Å². The molecule has 0 aliphatic carbocycles. The molecule has 0 radical (unpaired) electrons. The predicted molar refractivity (Wildman–Crippen MR) is 305 cm³/mol. The summed E-state index contributed by atoms with van der Waals surface area (Å²) in [6.45, 7) is 0. The van der Waals surface area contributed by atoms with Crippen LogP contribution in [0.3, 0.4) is 0 Å². The summed E-state index contributed by atoms with van der Waals surface area (Å²) in [5.41, 5.74) is 16.6. The lowest BCUT2D eigenvalue weighted by atomic mass is 9.91. The third-order valence-corrected chi connectivity index (χ3v) is 15.6. The third-order valence-electron chi connectivity index (χ3n) is 14.4. The molecule has 14 rings (SSSR count). The molecule has 0 spiro atoms. The largest absolute Gasteiger partial charge is 0.310 e. The molecule has 2 aromatic heterocycles. The van der Waals surface area contributed by atoms with Gasteiger partial charge in [0.05, 0.1) is 16.7 Å². The van der Waals surface area contributed by atoms with E-state index in [0.29, 0.717) is 0 Å². The number of nitrogens with zero attached hydrogens (tertiary/aromatic N) is 2. The Labute approximate surface area is 416 Å². The maximum absolute atomic E-state index is 2.47. The molecule has 0 saturated carbocycles. The number of rotatable bonds is 8. The van der Waals surface area contributed by atoms with Gasteiger partial charge in [0.15, 0.2) is 0 Å². The zero-order valence-electron chi connectivity index (χ0n) is 38.7. The Kier molecular flexibility index (Phi) is 9.75. The van der Waals surface area contributed by atoms with Gasteiger partial charge in [0.25, 0.3) is 0 Å². The molecule has 0 amide bonds. The molecular weight excluding hydrogens is 877 g/mol. The van der Waals surface area contributed by atoms with E-state index in [2.05, 4.69) is 276 Å². The molecule has 0 aliphatic heterocycles. The number of hydrogen-bond acceptors (Lipinski definition) is 2. The van der Waals surface area contributed by atoms with Crippen molar-refractivity contribution in [2.75, 3.05) is 4.90 Å². The fourth-order valence-corrected chi connectivity index (χ4v) is 12.5. The van der Waals surface area contributed by atoms with Crippen molar-refractivity contribution in [2.45, 2.75) is 0 Å². The maximum atomic E-state index is 2.47. The second-order valence-electron chi connectivity index (χ2n) is 18.4. The molecule has 2 nitrogen and oxygen atoms in total. The Balaban J connectivity index is 0.945. The van der Waals surface area contributed by atoms with E-state index in [1.54, 1.807) is 0 Å². The van der Waals surface area contributed by atoms with Gasteiger partial charge in [-0.15, -0.1) is 11.3 Å². The third kappa shape index (κ3) is 6.77. The summed E-state index contributed by atoms with van der Waals surface area (Å²) in [6, 6.07) is 97.9. The lowest BCUT2D eigenvalue weighted by Gasteiger charge is -2.27. The average molecular weight is 921 g/mol. The molecule has 0 unspecified atom stereocenters. The summed E-state index contributed by atoms with van der Waals surface area (Å²) in [4.78, 5) is 2.47. The lowest BCUT2D eigenvalue weighted by Crippen LogP contribution is -2.10. The van der Waals surface area contributed by atoms with E-state index in [1.165, 1.54) is 102 Å². The SMILES string of the molecule is c1ccc(-n2c3ccccc3c3c(-c4ccccc4-c4ccc(N(c5ccc(-c6cccc7ccccc67)cc5)c5ccc(-c6cccc7ccccc67)c6sc7ccccc7c56)cc4)cccc32)cc1. The van der Waals surface area contributed by atoms with E-state index >= 15 is 0 Å². The second kappa shape index (κ2) is 16.9. The Morgan fingerprint density at radius 2 is 0.803 bits per heavy atom. The van der Waals surface area contributed by atoms with Gasteiger partial charge < -0.3 is 9.47 Å². The average Bonchev–Trinajstić information content (AvgIpc) is 4.01. The molecule has 3 heteroatoms. The van der Waals surface area contributed by atoms with E-state index in [9.17, 15) is 0 Å². The summed E-state index contributed by atoms with van der Waals surface area (Å²) in [6.07, 6.45) is 0. The molecule has 0 aliphatic rings. The number of hydrogen-bond donors (Lipinski definition) is 0. The zero-order valence-corrected chi connectivity index (χ0v) is 39.5. The van der Waals surface area contributed by atoms with E-state index in [-0.39, 0.29) is 0 Å². The number of aromatic nitrogens is 1. The van der Waals surface area contributed by atoms with Gasteiger partial charge >= 0.3 is 0 Å². The minimum Gasteiger partial charge on any atom is -0.310 e. The first-order valence-corrected chi connectivity index (χ1v) is 25.1. The number of anilines is 3. The molecule has 0 saturated heterocycles. The Hall–Kier alpha value is -9.02. The second-order valence-corrected chi connectivity index (χ2v) is 19.4. The molecule has 0 fully saturated rings.